The van der Waals surface area contributed by atoms with Gasteiger partial charge in [-0.05, 0) is 41.1 Å². The van der Waals surface area contributed by atoms with Crippen LogP contribution in [0.2, 0.25) is 0 Å². The van der Waals surface area contributed by atoms with E-state index in [0.717, 1.165) is 16.8 Å². The van der Waals surface area contributed by atoms with Crippen LogP contribution in [0.15, 0.2) is 42.6 Å². The van der Waals surface area contributed by atoms with Crippen molar-refractivity contribution in [1.29, 1.82) is 0 Å². The molecule has 0 aliphatic heterocycles. The molecule has 0 spiro atoms. The second-order valence-corrected chi connectivity index (χ2v) is 4.17. The molecule has 2 aromatic heterocycles. The fraction of sp³-hybridized carbons (Fsp3) is 0.0769. The highest BCUT2D eigenvalue weighted by Crippen LogP contribution is 2.22. The zero-order valence-electron chi connectivity index (χ0n) is 10.4. The first-order valence-corrected chi connectivity index (χ1v) is 5.82. The number of para-hydroxylation sites is 1. The molecule has 3 rings (SSSR count). The summed E-state index contributed by atoms with van der Waals surface area (Å²) in [7, 11) is 0. The molecule has 1 aromatic carbocycles. The minimum absolute atomic E-state index is 0.486. The molecule has 94 valence electrons. The Bertz CT molecular complexity index is 704. The minimum atomic E-state index is 0.486. The van der Waals surface area contributed by atoms with Crippen LogP contribution in [0, 0.1) is 6.92 Å². The number of aromatic nitrogens is 5. The molecule has 6 nitrogen and oxygen atoms in total. The third kappa shape index (κ3) is 2.03. The molecule has 0 amide bonds. The SMILES string of the molecule is Cc1cc(N)ncc1-c1nnnn1-c1ccccc1. The van der Waals surface area contributed by atoms with Crippen molar-refractivity contribution >= 4 is 5.82 Å². The van der Waals surface area contributed by atoms with Gasteiger partial charge in [0.05, 0.1) is 5.69 Å². The zero-order valence-corrected chi connectivity index (χ0v) is 10.4. The molecule has 2 N–H and O–H groups in total. The summed E-state index contributed by atoms with van der Waals surface area (Å²) in [5.74, 6) is 1.14. The first-order chi connectivity index (χ1) is 9.25. The van der Waals surface area contributed by atoms with Gasteiger partial charge in [-0.25, -0.2) is 4.98 Å². The van der Waals surface area contributed by atoms with E-state index in [1.807, 2.05) is 37.3 Å². The number of pyridine rings is 1. The molecule has 0 saturated heterocycles. The minimum Gasteiger partial charge on any atom is -0.384 e. The van der Waals surface area contributed by atoms with Gasteiger partial charge in [0.1, 0.15) is 5.82 Å². The molecule has 0 aliphatic carbocycles. The molecular formula is C13H12N6. The van der Waals surface area contributed by atoms with Crippen molar-refractivity contribution in [1.82, 2.24) is 25.2 Å². The highest BCUT2D eigenvalue weighted by molar-refractivity contribution is 5.62. The van der Waals surface area contributed by atoms with Gasteiger partial charge in [0.2, 0.25) is 0 Å². The van der Waals surface area contributed by atoms with Crippen LogP contribution in [0.3, 0.4) is 0 Å². The largest absolute Gasteiger partial charge is 0.384 e. The lowest BCUT2D eigenvalue weighted by molar-refractivity contribution is 0.791. The Morgan fingerprint density at radius 1 is 1.16 bits per heavy atom. The van der Waals surface area contributed by atoms with Gasteiger partial charge < -0.3 is 5.73 Å². The van der Waals surface area contributed by atoms with Gasteiger partial charge in [0.25, 0.3) is 0 Å². The Hall–Kier alpha value is -2.76. The van der Waals surface area contributed by atoms with Gasteiger partial charge in [0.15, 0.2) is 5.82 Å². The Morgan fingerprint density at radius 2 is 1.95 bits per heavy atom. The summed E-state index contributed by atoms with van der Waals surface area (Å²) < 4.78 is 1.68. The number of nitrogen functional groups attached to an aromatic ring is 1. The molecule has 19 heavy (non-hydrogen) atoms. The van der Waals surface area contributed by atoms with Crippen molar-refractivity contribution < 1.29 is 0 Å². The fourth-order valence-electron chi connectivity index (χ4n) is 1.91. The topological polar surface area (TPSA) is 82.5 Å². The summed E-state index contributed by atoms with van der Waals surface area (Å²) in [6, 6.07) is 11.5. The van der Waals surface area contributed by atoms with Crippen LogP contribution >= 0.6 is 0 Å². The summed E-state index contributed by atoms with van der Waals surface area (Å²) >= 11 is 0. The van der Waals surface area contributed by atoms with Gasteiger partial charge in [-0.3, -0.25) is 0 Å². The molecule has 2 heterocycles. The number of rotatable bonds is 2. The molecule has 0 atom stereocenters. The highest BCUT2D eigenvalue weighted by atomic mass is 15.5. The monoisotopic (exact) mass is 252 g/mol. The van der Waals surface area contributed by atoms with E-state index in [4.69, 9.17) is 5.73 Å². The summed E-state index contributed by atoms with van der Waals surface area (Å²) in [5, 5.41) is 11.8. The average Bonchev–Trinajstić information content (AvgIpc) is 2.89. The van der Waals surface area contributed by atoms with Crippen LogP contribution in [0.25, 0.3) is 17.1 Å². The van der Waals surface area contributed by atoms with E-state index in [2.05, 4.69) is 20.5 Å². The van der Waals surface area contributed by atoms with Gasteiger partial charge in [-0.15, -0.1) is 5.10 Å². The van der Waals surface area contributed by atoms with Crippen molar-refractivity contribution in [2.45, 2.75) is 6.92 Å². The standard InChI is InChI=1S/C13H12N6/c1-9-7-12(14)15-8-11(9)13-16-17-18-19(13)10-5-3-2-4-6-10/h2-8H,1H3,(H2,14,15). The van der Waals surface area contributed by atoms with Crippen molar-refractivity contribution in [2.75, 3.05) is 5.73 Å². The molecule has 0 aliphatic rings. The van der Waals surface area contributed by atoms with Gasteiger partial charge in [0, 0.05) is 11.8 Å². The number of benzene rings is 1. The predicted octanol–water partition coefficient (Wildman–Crippen LogP) is 1.61. The van der Waals surface area contributed by atoms with Crippen LogP contribution in [-0.2, 0) is 0 Å². The van der Waals surface area contributed by atoms with E-state index in [9.17, 15) is 0 Å². The number of nitrogens with zero attached hydrogens (tertiary/aromatic N) is 5. The van der Waals surface area contributed by atoms with E-state index >= 15 is 0 Å². The molecular weight excluding hydrogens is 240 g/mol. The molecule has 0 unspecified atom stereocenters. The van der Waals surface area contributed by atoms with Crippen molar-refractivity contribution in [3.8, 4) is 17.1 Å². The number of tetrazole rings is 1. The van der Waals surface area contributed by atoms with Crippen LogP contribution in [0.4, 0.5) is 5.82 Å². The molecule has 6 heteroatoms. The average molecular weight is 252 g/mol. The lowest BCUT2D eigenvalue weighted by Gasteiger charge is -2.06. The number of nitrogens with two attached hydrogens (primary N) is 1. The summed E-state index contributed by atoms with van der Waals surface area (Å²) in [6.45, 7) is 1.96. The van der Waals surface area contributed by atoms with Crippen LogP contribution < -0.4 is 5.73 Å². The van der Waals surface area contributed by atoms with E-state index in [1.54, 1.807) is 16.9 Å². The van der Waals surface area contributed by atoms with Crippen LogP contribution in [0.1, 0.15) is 5.56 Å². The van der Waals surface area contributed by atoms with E-state index in [0.29, 0.717) is 11.6 Å². The quantitative estimate of drug-likeness (QED) is 0.749. The van der Waals surface area contributed by atoms with Crippen molar-refractivity contribution in [2.24, 2.45) is 0 Å². The Morgan fingerprint density at radius 3 is 2.68 bits per heavy atom. The number of aryl methyl sites for hydroxylation is 1. The third-order valence-electron chi connectivity index (χ3n) is 2.84. The zero-order chi connectivity index (χ0) is 13.2. The Kier molecular flexibility index (Phi) is 2.68. The second kappa shape index (κ2) is 4.49. The molecule has 0 saturated carbocycles. The number of hydrogen-bond acceptors (Lipinski definition) is 5. The van der Waals surface area contributed by atoms with Crippen LogP contribution in [0.5, 0.6) is 0 Å². The van der Waals surface area contributed by atoms with E-state index in [-0.39, 0.29) is 0 Å². The normalized spacial score (nSPS) is 10.6. The summed E-state index contributed by atoms with van der Waals surface area (Å²) in [5.41, 5.74) is 8.41. The van der Waals surface area contributed by atoms with Crippen LogP contribution in [-0.4, -0.2) is 25.2 Å². The lowest BCUT2D eigenvalue weighted by Crippen LogP contribution is -2.01. The maximum absolute atomic E-state index is 5.66. The number of anilines is 1. The van der Waals surface area contributed by atoms with E-state index < -0.39 is 0 Å². The smallest absolute Gasteiger partial charge is 0.188 e. The highest BCUT2D eigenvalue weighted by Gasteiger charge is 2.13. The molecule has 0 radical (unpaired) electrons. The van der Waals surface area contributed by atoms with Gasteiger partial charge in [-0.1, -0.05) is 18.2 Å². The molecule has 3 aromatic rings. The maximum atomic E-state index is 5.66. The predicted molar refractivity (Wildman–Crippen MR) is 71.5 cm³/mol. The number of hydrogen-bond donors (Lipinski definition) is 1. The van der Waals surface area contributed by atoms with Gasteiger partial charge in [-0.2, -0.15) is 4.68 Å². The molecule has 0 fully saturated rings. The summed E-state index contributed by atoms with van der Waals surface area (Å²) in [4.78, 5) is 4.10. The maximum Gasteiger partial charge on any atom is 0.188 e. The van der Waals surface area contributed by atoms with Crippen molar-refractivity contribution in [3.05, 3.63) is 48.2 Å². The summed E-state index contributed by atoms with van der Waals surface area (Å²) in [6.07, 6.45) is 1.69. The molecule has 0 bridgehead atoms. The van der Waals surface area contributed by atoms with E-state index in [1.165, 1.54) is 0 Å². The Labute approximate surface area is 109 Å². The Balaban J connectivity index is 2.15. The first kappa shape index (κ1) is 11.3. The van der Waals surface area contributed by atoms with Crippen molar-refractivity contribution in [3.63, 3.8) is 0 Å². The first-order valence-electron chi connectivity index (χ1n) is 5.82. The third-order valence-corrected chi connectivity index (χ3v) is 2.84. The second-order valence-electron chi connectivity index (χ2n) is 4.17. The van der Waals surface area contributed by atoms with Gasteiger partial charge >= 0.3 is 0 Å². The lowest BCUT2D eigenvalue weighted by atomic mass is 10.1. The fourth-order valence-corrected chi connectivity index (χ4v) is 1.91.